The zero-order valence-corrected chi connectivity index (χ0v) is 16.4. The molecule has 2 fully saturated rings. The van der Waals surface area contributed by atoms with Gasteiger partial charge in [0.25, 0.3) is 0 Å². The molecular formula is C18H26BrClN2O2. The molecule has 2 aliphatic rings. The van der Waals surface area contributed by atoms with Crippen molar-refractivity contribution >= 4 is 34.2 Å². The summed E-state index contributed by atoms with van der Waals surface area (Å²) in [5.74, 6) is 1.63. The van der Waals surface area contributed by atoms with E-state index >= 15 is 0 Å². The molecule has 134 valence electrons. The van der Waals surface area contributed by atoms with Gasteiger partial charge in [-0.1, -0.05) is 15.9 Å². The Balaban J connectivity index is 0.00000208. The highest BCUT2D eigenvalue weighted by Crippen LogP contribution is 2.32. The highest BCUT2D eigenvalue weighted by Gasteiger charge is 2.34. The van der Waals surface area contributed by atoms with Crippen molar-refractivity contribution in [1.82, 2.24) is 10.2 Å². The van der Waals surface area contributed by atoms with Crippen LogP contribution in [-0.4, -0.2) is 43.1 Å². The smallest absolute Gasteiger partial charge is 0.222 e. The van der Waals surface area contributed by atoms with Gasteiger partial charge in [-0.15, -0.1) is 12.4 Å². The van der Waals surface area contributed by atoms with E-state index in [1.807, 2.05) is 36.2 Å². The molecule has 2 unspecified atom stereocenters. The normalized spacial score (nSPS) is 25.0. The van der Waals surface area contributed by atoms with Gasteiger partial charge in [-0.25, -0.2) is 0 Å². The van der Waals surface area contributed by atoms with Crippen LogP contribution in [0.2, 0.25) is 0 Å². The summed E-state index contributed by atoms with van der Waals surface area (Å²) in [7, 11) is 1.88. The number of ether oxygens (including phenoxy) is 1. The van der Waals surface area contributed by atoms with E-state index in [9.17, 15) is 4.79 Å². The fraction of sp³-hybridized carbons (Fsp3) is 0.611. The van der Waals surface area contributed by atoms with Crippen LogP contribution in [0.4, 0.5) is 0 Å². The van der Waals surface area contributed by atoms with Gasteiger partial charge in [-0.2, -0.15) is 0 Å². The molecule has 0 saturated carbocycles. The second-order valence-electron chi connectivity index (χ2n) is 6.80. The van der Waals surface area contributed by atoms with Gasteiger partial charge >= 0.3 is 0 Å². The Kier molecular flexibility index (Phi) is 7.38. The molecule has 1 aromatic carbocycles. The third-order valence-corrected chi connectivity index (χ3v) is 5.50. The van der Waals surface area contributed by atoms with Crippen molar-refractivity contribution in [1.29, 1.82) is 0 Å². The number of carbonyl (C=O) groups excluding carboxylic acids is 1. The standard InChI is InChI=1S/C18H25BrN2O2.ClH/c1-21(8-9-23-17-6-2-14(19)3-7-17)18(22)12-13-10-15-4-5-16(11-13)20-15;/h2-3,6-7,13,15-16,20H,4-5,8-12H2,1H3;1H. The summed E-state index contributed by atoms with van der Waals surface area (Å²) in [5, 5.41) is 3.63. The topological polar surface area (TPSA) is 41.6 Å². The van der Waals surface area contributed by atoms with Gasteiger partial charge in [0.05, 0.1) is 6.54 Å². The second-order valence-corrected chi connectivity index (χ2v) is 7.71. The quantitative estimate of drug-likeness (QED) is 0.768. The molecule has 0 radical (unpaired) electrons. The van der Waals surface area contributed by atoms with Crippen LogP contribution in [0, 0.1) is 5.92 Å². The first-order chi connectivity index (χ1) is 11.1. The molecule has 1 amide bonds. The van der Waals surface area contributed by atoms with E-state index in [4.69, 9.17) is 4.74 Å². The van der Waals surface area contributed by atoms with Crippen LogP contribution in [0.25, 0.3) is 0 Å². The number of likely N-dealkylation sites (N-methyl/N-ethyl adjacent to an activating group) is 1. The lowest BCUT2D eigenvalue weighted by molar-refractivity contribution is -0.131. The number of nitrogens with one attached hydrogen (secondary N) is 1. The second kappa shape index (κ2) is 9.07. The maximum atomic E-state index is 12.4. The Bertz CT molecular complexity index is 528. The van der Waals surface area contributed by atoms with Crippen molar-refractivity contribution in [3.63, 3.8) is 0 Å². The maximum Gasteiger partial charge on any atom is 0.222 e. The molecule has 0 spiro atoms. The lowest BCUT2D eigenvalue weighted by Gasteiger charge is -2.30. The predicted molar refractivity (Wildman–Crippen MR) is 102 cm³/mol. The Morgan fingerprint density at radius 2 is 1.88 bits per heavy atom. The molecule has 2 bridgehead atoms. The number of rotatable bonds is 6. The van der Waals surface area contributed by atoms with Gasteiger partial charge < -0.3 is 15.0 Å². The lowest BCUT2D eigenvalue weighted by atomic mass is 9.89. The number of benzene rings is 1. The SMILES string of the molecule is CN(CCOc1ccc(Br)cc1)C(=O)CC1CC2CCC(C1)N2.Cl. The van der Waals surface area contributed by atoms with Crippen LogP contribution in [0.5, 0.6) is 5.75 Å². The van der Waals surface area contributed by atoms with Gasteiger partial charge in [0.15, 0.2) is 0 Å². The van der Waals surface area contributed by atoms with Crippen molar-refractivity contribution < 1.29 is 9.53 Å². The minimum Gasteiger partial charge on any atom is -0.492 e. The molecule has 24 heavy (non-hydrogen) atoms. The Labute approximate surface area is 158 Å². The molecule has 3 rings (SSSR count). The number of hydrogen-bond acceptors (Lipinski definition) is 3. The summed E-state index contributed by atoms with van der Waals surface area (Å²) in [6.45, 7) is 1.16. The van der Waals surface area contributed by atoms with Gasteiger partial charge in [0, 0.05) is 30.0 Å². The van der Waals surface area contributed by atoms with Crippen molar-refractivity contribution in [2.24, 2.45) is 5.92 Å². The number of fused-ring (bicyclic) bond motifs is 2. The fourth-order valence-corrected chi connectivity index (χ4v) is 3.96. The summed E-state index contributed by atoms with van der Waals surface area (Å²) < 4.78 is 6.73. The van der Waals surface area contributed by atoms with E-state index < -0.39 is 0 Å². The van der Waals surface area contributed by atoms with Crippen LogP contribution >= 0.6 is 28.3 Å². The summed E-state index contributed by atoms with van der Waals surface area (Å²) in [6.07, 6.45) is 5.57. The van der Waals surface area contributed by atoms with Crippen LogP contribution < -0.4 is 10.1 Å². The average Bonchev–Trinajstić information content (AvgIpc) is 2.88. The Morgan fingerprint density at radius 1 is 1.25 bits per heavy atom. The molecule has 0 aliphatic carbocycles. The van der Waals surface area contributed by atoms with Crippen molar-refractivity contribution in [3.8, 4) is 5.75 Å². The maximum absolute atomic E-state index is 12.4. The highest BCUT2D eigenvalue weighted by molar-refractivity contribution is 9.10. The Morgan fingerprint density at radius 3 is 2.50 bits per heavy atom. The molecule has 2 saturated heterocycles. The predicted octanol–water partition coefficient (Wildman–Crippen LogP) is 3.63. The molecule has 6 heteroatoms. The minimum atomic E-state index is 0. The molecule has 4 nitrogen and oxygen atoms in total. The number of piperidine rings is 1. The van der Waals surface area contributed by atoms with Crippen LogP contribution in [0.3, 0.4) is 0 Å². The molecule has 1 aromatic rings. The van der Waals surface area contributed by atoms with Gasteiger partial charge in [-0.3, -0.25) is 4.79 Å². The number of halogens is 2. The number of carbonyl (C=O) groups is 1. The average molecular weight is 418 g/mol. The van der Waals surface area contributed by atoms with Crippen molar-refractivity contribution in [2.45, 2.75) is 44.2 Å². The zero-order valence-electron chi connectivity index (χ0n) is 14.0. The van der Waals surface area contributed by atoms with Gasteiger partial charge in [0.2, 0.25) is 5.91 Å². The third-order valence-electron chi connectivity index (χ3n) is 4.97. The lowest BCUT2D eigenvalue weighted by Crippen LogP contribution is -2.40. The highest BCUT2D eigenvalue weighted by atomic mass is 79.9. The zero-order chi connectivity index (χ0) is 16.2. The van der Waals surface area contributed by atoms with E-state index in [2.05, 4.69) is 21.2 Å². The third kappa shape index (κ3) is 5.36. The number of amides is 1. The largest absolute Gasteiger partial charge is 0.492 e. The van der Waals surface area contributed by atoms with E-state index in [0.717, 1.165) is 23.1 Å². The summed E-state index contributed by atoms with van der Waals surface area (Å²) in [4.78, 5) is 14.2. The first-order valence-corrected chi connectivity index (χ1v) is 9.28. The van der Waals surface area contributed by atoms with E-state index in [-0.39, 0.29) is 18.3 Å². The minimum absolute atomic E-state index is 0. The first-order valence-electron chi connectivity index (χ1n) is 8.48. The van der Waals surface area contributed by atoms with Crippen molar-refractivity contribution in [2.75, 3.05) is 20.2 Å². The van der Waals surface area contributed by atoms with Gasteiger partial charge in [-0.05, 0) is 55.9 Å². The molecular weight excluding hydrogens is 392 g/mol. The number of nitrogens with zero attached hydrogens (tertiary/aromatic N) is 1. The van der Waals surface area contributed by atoms with Crippen LogP contribution in [0.1, 0.15) is 32.1 Å². The first kappa shape index (κ1) is 19.5. The summed E-state index contributed by atoms with van der Waals surface area (Å²) >= 11 is 3.40. The molecule has 2 atom stereocenters. The van der Waals surface area contributed by atoms with E-state index in [1.165, 1.54) is 12.8 Å². The fourth-order valence-electron chi connectivity index (χ4n) is 3.70. The van der Waals surface area contributed by atoms with Crippen LogP contribution in [-0.2, 0) is 4.79 Å². The molecule has 1 N–H and O–H groups in total. The van der Waals surface area contributed by atoms with E-state index in [0.29, 0.717) is 37.6 Å². The molecule has 2 aliphatic heterocycles. The summed E-state index contributed by atoms with van der Waals surface area (Å²) in [6, 6.07) is 9.06. The molecule has 0 aromatic heterocycles. The monoisotopic (exact) mass is 416 g/mol. The van der Waals surface area contributed by atoms with Crippen LogP contribution in [0.15, 0.2) is 28.7 Å². The van der Waals surface area contributed by atoms with E-state index in [1.54, 1.807) is 0 Å². The van der Waals surface area contributed by atoms with Gasteiger partial charge in [0.1, 0.15) is 12.4 Å². The Hall–Kier alpha value is -0.780. The van der Waals surface area contributed by atoms with Crippen molar-refractivity contribution in [3.05, 3.63) is 28.7 Å². The molecule has 2 heterocycles. The summed E-state index contributed by atoms with van der Waals surface area (Å²) in [5.41, 5.74) is 0. The number of hydrogen-bond donors (Lipinski definition) is 1.